The fourth-order valence-electron chi connectivity index (χ4n) is 0.855. The third-order valence-electron chi connectivity index (χ3n) is 1.35. The van der Waals surface area contributed by atoms with Gasteiger partial charge in [-0.3, -0.25) is 4.99 Å². The maximum Gasteiger partial charge on any atom is 0.195 e. The Balaban J connectivity index is 2.46. The van der Waals surface area contributed by atoms with E-state index >= 15 is 0 Å². The van der Waals surface area contributed by atoms with Crippen molar-refractivity contribution in [3.63, 3.8) is 0 Å². The lowest BCUT2D eigenvalue weighted by molar-refractivity contribution is 1.00. The lowest BCUT2D eigenvalue weighted by Gasteiger charge is -2.14. The fraction of sp³-hybridized carbons (Fsp3) is 0.167. The molecular formula is C6H5ClN4. The molecule has 0 radical (unpaired) electrons. The van der Waals surface area contributed by atoms with E-state index in [0.717, 1.165) is 11.4 Å². The first-order valence-electron chi connectivity index (χ1n) is 3.10. The zero-order valence-corrected chi connectivity index (χ0v) is 6.28. The number of nitrogens with one attached hydrogen (secondary N) is 1. The molecule has 1 atom stereocenters. The smallest absolute Gasteiger partial charge is 0.195 e. The van der Waals surface area contributed by atoms with Gasteiger partial charge in [0, 0.05) is 0 Å². The van der Waals surface area contributed by atoms with Crippen LogP contribution in [0, 0.1) is 0 Å². The summed E-state index contributed by atoms with van der Waals surface area (Å²) in [5.41, 5.74) is 1.20. The van der Waals surface area contributed by atoms with E-state index in [2.05, 4.69) is 20.3 Å². The molecule has 4 nitrogen and oxygen atoms in total. The predicted molar refractivity (Wildman–Crippen MR) is 42.9 cm³/mol. The number of rotatable bonds is 0. The van der Waals surface area contributed by atoms with E-state index < -0.39 is 5.62 Å². The monoisotopic (exact) mass is 168 g/mol. The molecule has 1 aromatic rings. The molecule has 0 saturated carbocycles. The van der Waals surface area contributed by atoms with Crippen molar-refractivity contribution in [2.75, 3.05) is 5.32 Å². The van der Waals surface area contributed by atoms with Crippen LogP contribution in [-0.2, 0) is 0 Å². The van der Waals surface area contributed by atoms with Crippen LogP contribution < -0.4 is 5.32 Å². The van der Waals surface area contributed by atoms with Crippen molar-refractivity contribution in [2.45, 2.75) is 5.62 Å². The maximum atomic E-state index is 5.68. The van der Waals surface area contributed by atoms with E-state index in [9.17, 15) is 0 Å². The minimum absolute atomic E-state index is 0.395. The van der Waals surface area contributed by atoms with Crippen molar-refractivity contribution < 1.29 is 0 Å². The average Bonchev–Trinajstić information content (AvgIpc) is 2.04. The Kier molecular flexibility index (Phi) is 1.47. The quantitative estimate of drug-likeness (QED) is 0.462. The number of aromatic nitrogens is 2. The lowest BCUT2D eigenvalue weighted by atomic mass is 10.3. The summed E-state index contributed by atoms with van der Waals surface area (Å²) in [6.45, 7) is 0. The Morgan fingerprint density at radius 1 is 1.55 bits per heavy atom. The Morgan fingerprint density at radius 3 is 3.36 bits per heavy atom. The fourth-order valence-corrected chi connectivity index (χ4v) is 1.03. The number of hydrogen-bond acceptors (Lipinski definition) is 4. The van der Waals surface area contributed by atoms with Crippen LogP contribution in [0.5, 0.6) is 0 Å². The number of nitrogens with zero attached hydrogens (tertiary/aromatic N) is 3. The van der Waals surface area contributed by atoms with Gasteiger partial charge in [-0.2, -0.15) is 0 Å². The van der Waals surface area contributed by atoms with E-state index in [1.165, 1.54) is 6.33 Å². The molecule has 0 amide bonds. The molecule has 1 aliphatic heterocycles. The average molecular weight is 169 g/mol. The first-order chi connectivity index (χ1) is 5.36. The van der Waals surface area contributed by atoms with Gasteiger partial charge < -0.3 is 5.32 Å². The van der Waals surface area contributed by atoms with Gasteiger partial charge >= 0.3 is 0 Å². The van der Waals surface area contributed by atoms with Gasteiger partial charge in [0.05, 0.1) is 18.1 Å². The van der Waals surface area contributed by atoms with E-state index in [4.69, 9.17) is 11.6 Å². The van der Waals surface area contributed by atoms with Gasteiger partial charge in [-0.25, -0.2) is 9.97 Å². The molecule has 1 unspecified atom stereocenters. The highest BCUT2D eigenvalue weighted by Gasteiger charge is 2.10. The summed E-state index contributed by atoms with van der Waals surface area (Å²) in [6.07, 6.45) is 4.77. The highest BCUT2D eigenvalue weighted by molar-refractivity contribution is 6.22. The molecular weight excluding hydrogens is 164 g/mol. The van der Waals surface area contributed by atoms with E-state index in [1.54, 1.807) is 12.4 Å². The summed E-state index contributed by atoms with van der Waals surface area (Å²) < 4.78 is 0. The summed E-state index contributed by atoms with van der Waals surface area (Å²) in [5, 5.41) is 2.90. The first kappa shape index (κ1) is 6.54. The molecule has 1 aliphatic rings. The number of fused-ring (bicyclic) bond motifs is 1. The van der Waals surface area contributed by atoms with Crippen LogP contribution in [0.2, 0.25) is 0 Å². The molecule has 0 bridgehead atoms. The Hall–Kier alpha value is -1.16. The van der Waals surface area contributed by atoms with Crippen LogP contribution in [0.4, 0.5) is 5.69 Å². The van der Waals surface area contributed by atoms with Gasteiger partial charge in [0.2, 0.25) is 0 Å². The largest absolute Gasteiger partial charge is 0.348 e. The highest BCUT2D eigenvalue weighted by Crippen LogP contribution is 2.15. The summed E-state index contributed by atoms with van der Waals surface area (Å²) in [4.78, 5) is 11.7. The van der Waals surface area contributed by atoms with Crippen LogP contribution in [0.15, 0.2) is 17.5 Å². The standard InChI is InChI=1S/C6H5ClN4/c7-6-9-2-4-5(11-6)1-8-3-10-4/h1-3,6,11H. The van der Waals surface area contributed by atoms with Crippen molar-refractivity contribution in [3.05, 3.63) is 18.2 Å². The number of alkyl halides is 1. The molecule has 0 aliphatic carbocycles. The van der Waals surface area contributed by atoms with Crippen molar-refractivity contribution in [2.24, 2.45) is 4.99 Å². The first-order valence-corrected chi connectivity index (χ1v) is 3.54. The minimum atomic E-state index is -0.395. The number of hydrogen-bond donors (Lipinski definition) is 1. The SMILES string of the molecule is ClC1N=Cc2ncncc2N1. The maximum absolute atomic E-state index is 5.68. The van der Waals surface area contributed by atoms with Crippen LogP contribution >= 0.6 is 11.6 Å². The van der Waals surface area contributed by atoms with Crippen LogP contribution in [0.3, 0.4) is 0 Å². The van der Waals surface area contributed by atoms with E-state index in [0.29, 0.717) is 0 Å². The molecule has 1 N–H and O–H groups in total. The topological polar surface area (TPSA) is 50.2 Å². The third-order valence-corrected chi connectivity index (χ3v) is 1.57. The summed E-state index contributed by atoms with van der Waals surface area (Å²) >= 11 is 5.68. The van der Waals surface area contributed by atoms with Crippen molar-refractivity contribution in [1.82, 2.24) is 9.97 Å². The van der Waals surface area contributed by atoms with Gasteiger partial charge in [-0.15, -0.1) is 0 Å². The van der Waals surface area contributed by atoms with Gasteiger partial charge in [0.1, 0.15) is 12.0 Å². The second-order valence-corrected chi connectivity index (χ2v) is 2.49. The number of anilines is 1. The number of aliphatic imine (C=N–C) groups is 1. The van der Waals surface area contributed by atoms with E-state index in [-0.39, 0.29) is 0 Å². The molecule has 2 heterocycles. The molecule has 2 rings (SSSR count). The molecule has 0 saturated heterocycles. The molecule has 0 spiro atoms. The number of halogens is 1. The van der Waals surface area contributed by atoms with E-state index in [1.807, 2.05) is 0 Å². The zero-order valence-electron chi connectivity index (χ0n) is 5.53. The van der Waals surface area contributed by atoms with Crippen molar-refractivity contribution in [1.29, 1.82) is 0 Å². The van der Waals surface area contributed by atoms with Gasteiger partial charge in [0.25, 0.3) is 0 Å². The second-order valence-electron chi connectivity index (χ2n) is 2.08. The van der Waals surface area contributed by atoms with Crippen LogP contribution in [0.1, 0.15) is 5.69 Å². The molecule has 1 aromatic heterocycles. The Morgan fingerprint density at radius 2 is 2.45 bits per heavy atom. The predicted octanol–water partition coefficient (Wildman–Crippen LogP) is 0.843. The van der Waals surface area contributed by atoms with Crippen molar-refractivity contribution >= 4 is 23.5 Å². The molecule has 5 heteroatoms. The summed E-state index contributed by atoms with van der Waals surface area (Å²) in [6, 6.07) is 0. The second kappa shape index (κ2) is 2.47. The molecule has 0 aromatic carbocycles. The molecule has 0 fully saturated rings. The summed E-state index contributed by atoms with van der Waals surface area (Å²) in [7, 11) is 0. The van der Waals surface area contributed by atoms with Crippen LogP contribution in [0.25, 0.3) is 0 Å². The Bertz CT molecular complexity index is 298. The highest BCUT2D eigenvalue weighted by atomic mass is 35.5. The summed E-state index contributed by atoms with van der Waals surface area (Å²) in [5.74, 6) is 0. The molecule has 56 valence electrons. The minimum Gasteiger partial charge on any atom is -0.348 e. The normalized spacial score (nSPS) is 20.6. The third kappa shape index (κ3) is 1.17. The molecule has 11 heavy (non-hydrogen) atoms. The van der Waals surface area contributed by atoms with Gasteiger partial charge in [-0.05, 0) is 0 Å². The van der Waals surface area contributed by atoms with Gasteiger partial charge in [0.15, 0.2) is 5.62 Å². The zero-order chi connectivity index (χ0) is 7.68. The Labute approximate surface area is 68.3 Å². The van der Waals surface area contributed by atoms with Gasteiger partial charge in [-0.1, -0.05) is 11.6 Å². The van der Waals surface area contributed by atoms with Crippen molar-refractivity contribution in [3.8, 4) is 0 Å². The lowest BCUT2D eigenvalue weighted by Crippen LogP contribution is -2.16. The van der Waals surface area contributed by atoms with Crippen LogP contribution in [-0.4, -0.2) is 21.8 Å².